The van der Waals surface area contributed by atoms with Crippen LogP contribution in [0.15, 0.2) is 50.1 Å². The van der Waals surface area contributed by atoms with Gasteiger partial charge in [-0.15, -0.1) is 0 Å². The van der Waals surface area contributed by atoms with E-state index in [4.69, 9.17) is 9.15 Å². The number of benzene rings is 2. The predicted molar refractivity (Wildman–Crippen MR) is 74.2 cm³/mol. The van der Waals surface area contributed by atoms with Crippen molar-refractivity contribution in [2.24, 2.45) is 0 Å². The molecule has 3 aromatic rings. The van der Waals surface area contributed by atoms with Crippen LogP contribution < -0.4 is 10.4 Å². The molecule has 0 unspecified atom stereocenters. The normalized spacial score (nSPS) is 11.0. The van der Waals surface area contributed by atoms with Crippen LogP contribution >= 0.6 is 15.9 Å². The molecule has 1 heterocycles. The van der Waals surface area contributed by atoms with E-state index in [0.29, 0.717) is 16.7 Å². The first-order valence-electron chi connectivity index (χ1n) is 5.40. The Balaban J connectivity index is 2.55. The van der Waals surface area contributed by atoms with Gasteiger partial charge >= 0.3 is 5.63 Å². The minimum Gasteiger partial charge on any atom is -0.497 e. The molecule has 0 fully saturated rings. The Hall–Kier alpha value is -1.81. The SMILES string of the molecule is COc1ccc2c(c1)oc(=O)c1c(Br)cccc12. The minimum atomic E-state index is -0.349. The van der Waals surface area contributed by atoms with Crippen molar-refractivity contribution in [3.8, 4) is 5.75 Å². The molecule has 2 aromatic carbocycles. The fourth-order valence-electron chi connectivity index (χ4n) is 2.04. The Morgan fingerprint density at radius 3 is 2.78 bits per heavy atom. The molecule has 0 bridgehead atoms. The summed E-state index contributed by atoms with van der Waals surface area (Å²) in [5, 5.41) is 2.33. The molecule has 3 rings (SSSR count). The third kappa shape index (κ3) is 1.61. The van der Waals surface area contributed by atoms with Crippen LogP contribution in [0.4, 0.5) is 0 Å². The van der Waals surface area contributed by atoms with Gasteiger partial charge in [-0.1, -0.05) is 12.1 Å². The molecule has 0 aliphatic heterocycles. The summed E-state index contributed by atoms with van der Waals surface area (Å²) in [6.07, 6.45) is 0. The Labute approximate surface area is 111 Å². The zero-order valence-corrected chi connectivity index (χ0v) is 11.2. The second kappa shape index (κ2) is 4.14. The van der Waals surface area contributed by atoms with Gasteiger partial charge in [0.1, 0.15) is 11.3 Å². The fourth-order valence-corrected chi connectivity index (χ4v) is 2.57. The summed E-state index contributed by atoms with van der Waals surface area (Å²) >= 11 is 3.38. The van der Waals surface area contributed by atoms with Crippen LogP contribution in [0.3, 0.4) is 0 Å². The van der Waals surface area contributed by atoms with E-state index in [1.165, 1.54) is 0 Å². The number of ether oxygens (including phenoxy) is 1. The Morgan fingerprint density at radius 1 is 1.17 bits per heavy atom. The van der Waals surface area contributed by atoms with Crippen LogP contribution in [0.2, 0.25) is 0 Å². The average Bonchev–Trinajstić information content (AvgIpc) is 2.38. The van der Waals surface area contributed by atoms with Crippen molar-refractivity contribution >= 4 is 37.7 Å². The number of hydrogen-bond donors (Lipinski definition) is 0. The summed E-state index contributed by atoms with van der Waals surface area (Å²) in [6.45, 7) is 0. The molecular weight excluding hydrogens is 296 g/mol. The van der Waals surface area contributed by atoms with Gasteiger partial charge in [0.2, 0.25) is 0 Å². The van der Waals surface area contributed by atoms with Crippen molar-refractivity contribution in [3.05, 3.63) is 51.3 Å². The highest BCUT2D eigenvalue weighted by molar-refractivity contribution is 9.10. The third-order valence-corrected chi connectivity index (χ3v) is 3.56. The van der Waals surface area contributed by atoms with Gasteiger partial charge in [-0.2, -0.15) is 0 Å². The molecule has 0 spiro atoms. The largest absolute Gasteiger partial charge is 0.497 e. The first kappa shape index (κ1) is 11.3. The lowest BCUT2D eigenvalue weighted by Crippen LogP contribution is -2.00. The van der Waals surface area contributed by atoms with Crippen LogP contribution in [0.25, 0.3) is 21.7 Å². The van der Waals surface area contributed by atoms with Crippen molar-refractivity contribution in [1.82, 2.24) is 0 Å². The second-order valence-corrected chi connectivity index (χ2v) is 4.77. The number of halogens is 1. The van der Waals surface area contributed by atoms with Gasteiger partial charge in [0, 0.05) is 21.3 Å². The maximum absolute atomic E-state index is 12.0. The lowest BCUT2D eigenvalue weighted by Gasteiger charge is -2.05. The van der Waals surface area contributed by atoms with Crippen molar-refractivity contribution in [1.29, 1.82) is 0 Å². The van der Waals surface area contributed by atoms with Gasteiger partial charge in [0.05, 0.1) is 12.5 Å². The molecule has 0 saturated heterocycles. The molecule has 0 amide bonds. The third-order valence-electron chi connectivity index (χ3n) is 2.90. The highest BCUT2D eigenvalue weighted by Crippen LogP contribution is 2.29. The van der Waals surface area contributed by atoms with E-state index >= 15 is 0 Å². The molecule has 0 N–H and O–H groups in total. The van der Waals surface area contributed by atoms with Crippen molar-refractivity contribution in [2.75, 3.05) is 7.11 Å². The molecule has 4 heteroatoms. The van der Waals surface area contributed by atoms with Crippen molar-refractivity contribution in [2.45, 2.75) is 0 Å². The second-order valence-electron chi connectivity index (χ2n) is 3.91. The van der Waals surface area contributed by atoms with E-state index < -0.39 is 0 Å². The Bertz CT molecular complexity index is 805. The molecule has 0 aliphatic rings. The van der Waals surface area contributed by atoms with Crippen LogP contribution in [-0.4, -0.2) is 7.11 Å². The summed E-state index contributed by atoms with van der Waals surface area (Å²) in [4.78, 5) is 12.0. The van der Waals surface area contributed by atoms with Gasteiger partial charge in [-0.25, -0.2) is 4.79 Å². The molecule has 18 heavy (non-hydrogen) atoms. The van der Waals surface area contributed by atoms with E-state index in [1.807, 2.05) is 30.3 Å². The molecule has 0 radical (unpaired) electrons. The molecular formula is C14H9BrO3. The number of hydrogen-bond acceptors (Lipinski definition) is 3. The highest BCUT2D eigenvalue weighted by atomic mass is 79.9. The van der Waals surface area contributed by atoms with Crippen LogP contribution in [0.1, 0.15) is 0 Å². The molecule has 0 aliphatic carbocycles. The number of rotatable bonds is 1. The van der Waals surface area contributed by atoms with Crippen LogP contribution in [0, 0.1) is 0 Å². The summed E-state index contributed by atoms with van der Waals surface area (Å²) in [6, 6.07) is 11.1. The molecule has 0 atom stereocenters. The summed E-state index contributed by atoms with van der Waals surface area (Å²) in [7, 11) is 1.58. The monoisotopic (exact) mass is 304 g/mol. The first-order chi connectivity index (χ1) is 8.70. The van der Waals surface area contributed by atoms with Crippen LogP contribution in [0.5, 0.6) is 5.75 Å². The van der Waals surface area contributed by atoms with Crippen LogP contribution in [-0.2, 0) is 0 Å². The molecule has 1 aromatic heterocycles. The first-order valence-corrected chi connectivity index (χ1v) is 6.19. The molecule has 0 saturated carbocycles. The van der Waals surface area contributed by atoms with E-state index in [2.05, 4.69) is 15.9 Å². The smallest absolute Gasteiger partial charge is 0.345 e. The van der Waals surface area contributed by atoms with E-state index in [0.717, 1.165) is 15.2 Å². The fraction of sp³-hybridized carbons (Fsp3) is 0.0714. The maximum Gasteiger partial charge on any atom is 0.345 e. The zero-order chi connectivity index (χ0) is 12.7. The van der Waals surface area contributed by atoms with E-state index in [9.17, 15) is 4.79 Å². The molecule has 90 valence electrons. The standard InChI is InChI=1S/C14H9BrO3/c1-17-8-5-6-9-10-3-2-4-11(15)13(10)14(16)18-12(9)7-8/h2-7H,1H3. The van der Waals surface area contributed by atoms with E-state index in [-0.39, 0.29) is 5.63 Å². The van der Waals surface area contributed by atoms with Crippen molar-refractivity contribution < 1.29 is 9.15 Å². The van der Waals surface area contributed by atoms with Gasteiger partial charge < -0.3 is 9.15 Å². The van der Waals surface area contributed by atoms with Gasteiger partial charge in [-0.05, 0) is 34.1 Å². The average molecular weight is 305 g/mol. The zero-order valence-electron chi connectivity index (χ0n) is 9.57. The van der Waals surface area contributed by atoms with Gasteiger partial charge in [0.25, 0.3) is 0 Å². The van der Waals surface area contributed by atoms with Crippen molar-refractivity contribution in [3.63, 3.8) is 0 Å². The quantitative estimate of drug-likeness (QED) is 0.508. The number of fused-ring (bicyclic) bond motifs is 3. The summed E-state index contributed by atoms with van der Waals surface area (Å²) < 4.78 is 11.2. The Morgan fingerprint density at radius 2 is 2.00 bits per heavy atom. The summed E-state index contributed by atoms with van der Waals surface area (Å²) in [5.41, 5.74) is 0.183. The highest BCUT2D eigenvalue weighted by Gasteiger charge is 2.10. The van der Waals surface area contributed by atoms with Gasteiger partial charge in [-0.3, -0.25) is 0 Å². The van der Waals surface area contributed by atoms with E-state index in [1.54, 1.807) is 13.2 Å². The lowest BCUT2D eigenvalue weighted by molar-refractivity contribution is 0.414. The maximum atomic E-state index is 12.0. The van der Waals surface area contributed by atoms with Gasteiger partial charge in [0.15, 0.2) is 0 Å². The summed E-state index contributed by atoms with van der Waals surface area (Å²) in [5.74, 6) is 0.667. The number of methoxy groups -OCH3 is 1. The predicted octanol–water partition coefficient (Wildman–Crippen LogP) is 3.72. The molecule has 3 nitrogen and oxygen atoms in total. The topological polar surface area (TPSA) is 39.4 Å². The Kier molecular flexibility index (Phi) is 2.59. The minimum absolute atomic E-state index is 0.349. The lowest BCUT2D eigenvalue weighted by atomic mass is 10.1.